The summed E-state index contributed by atoms with van der Waals surface area (Å²) in [5.41, 5.74) is 3.08. The van der Waals surface area contributed by atoms with E-state index in [-0.39, 0.29) is 0 Å². The topological polar surface area (TPSA) is 31.9 Å². The lowest BCUT2D eigenvalue weighted by Gasteiger charge is -2.19. The lowest BCUT2D eigenvalue weighted by Crippen LogP contribution is -2.29. The molecule has 0 aliphatic carbocycles. The lowest BCUT2D eigenvalue weighted by atomic mass is 10.0. The van der Waals surface area contributed by atoms with E-state index in [0.29, 0.717) is 11.6 Å². The van der Waals surface area contributed by atoms with Crippen molar-refractivity contribution in [2.24, 2.45) is 0 Å². The molecule has 0 saturated carbocycles. The second-order valence-electron chi connectivity index (χ2n) is 6.85. The van der Waals surface area contributed by atoms with Crippen LogP contribution in [0.3, 0.4) is 0 Å². The number of H-pyrrole nitrogens is 1. The van der Waals surface area contributed by atoms with E-state index >= 15 is 0 Å². The highest BCUT2D eigenvalue weighted by Gasteiger charge is 2.19. The predicted molar refractivity (Wildman–Crippen MR) is 95.4 cm³/mol. The first kappa shape index (κ1) is 16.2. The molecule has 1 saturated heterocycles. The number of hydrogen-bond donors (Lipinski definition) is 1. The summed E-state index contributed by atoms with van der Waals surface area (Å²) in [5, 5.41) is 0. The van der Waals surface area contributed by atoms with Crippen molar-refractivity contribution in [1.29, 1.82) is 0 Å². The van der Waals surface area contributed by atoms with E-state index < -0.39 is 11.6 Å². The molecule has 2 aromatic carbocycles. The Balaban J connectivity index is 1.56. The first-order valence-corrected chi connectivity index (χ1v) is 8.78. The Bertz CT molecular complexity index is 883. The van der Waals surface area contributed by atoms with Crippen LogP contribution < -0.4 is 0 Å². The third-order valence-corrected chi connectivity index (χ3v) is 5.05. The van der Waals surface area contributed by atoms with E-state index in [1.807, 2.05) is 18.2 Å². The summed E-state index contributed by atoms with van der Waals surface area (Å²) in [6.07, 6.45) is 3.42. The van der Waals surface area contributed by atoms with Crippen LogP contribution in [0.15, 0.2) is 36.4 Å². The van der Waals surface area contributed by atoms with Gasteiger partial charge in [0.15, 0.2) is 0 Å². The fourth-order valence-electron chi connectivity index (χ4n) is 3.66. The molecule has 0 radical (unpaired) electrons. The van der Waals surface area contributed by atoms with Gasteiger partial charge in [-0.05, 0) is 61.7 Å². The molecule has 4 rings (SSSR count). The molecule has 0 bridgehead atoms. The van der Waals surface area contributed by atoms with Crippen LogP contribution in [0.25, 0.3) is 22.2 Å². The third-order valence-electron chi connectivity index (χ3n) is 5.05. The molecule has 3 aromatic rings. The van der Waals surface area contributed by atoms with Gasteiger partial charge in [-0.25, -0.2) is 13.8 Å². The highest BCUT2D eigenvalue weighted by molar-refractivity contribution is 5.82. The van der Waals surface area contributed by atoms with Crippen molar-refractivity contribution >= 4 is 11.0 Å². The largest absolute Gasteiger partial charge is 0.342 e. The second kappa shape index (κ2) is 6.56. The van der Waals surface area contributed by atoms with Gasteiger partial charge < -0.3 is 9.88 Å². The van der Waals surface area contributed by atoms with Crippen molar-refractivity contribution < 1.29 is 8.78 Å². The zero-order valence-corrected chi connectivity index (χ0v) is 14.2. The van der Waals surface area contributed by atoms with Crippen LogP contribution in [-0.2, 0) is 6.42 Å². The number of likely N-dealkylation sites (tertiary alicyclic amines) is 1. The van der Waals surface area contributed by atoms with Gasteiger partial charge >= 0.3 is 0 Å². The number of hydrogen-bond acceptors (Lipinski definition) is 2. The lowest BCUT2D eigenvalue weighted by molar-refractivity contribution is 0.271. The van der Waals surface area contributed by atoms with Crippen molar-refractivity contribution in [2.45, 2.75) is 32.2 Å². The van der Waals surface area contributed by atoms with Crippen LogP contribution >= 0.6 is 0 Å². The summed E-state index contributed by atoms with van der Waals surface area (Å²) >= 11 is 0. The fraction of sp³-hybridized carbons (Fsp3) is 0.350. The molecule has 1 fully saturated rings. The summed E-state index contributed by atoms with van der Waals surface area (Å²) in [7, 11) is 0. The van der Waals surface area contributed by atoms with Gasteiger partial charge in [0.1, 0.15) is 17.5 Å². The van der Waals surface area contributed by atoms with Gasteiger partial charge in [0, 0.05) is 25.1 Å². The molecule has 130 valence electrons. The van der Waals surface area contributed by atoms with E-state index in [2.05, 4.69) is 21.8 Å². The molecule has 25 heavy (non-hydrogen) atoms. The van der Waals surface area contributed by atoms with Crippen molar-refractivity contribution in [3.05, 3.63) is 53.9 Å². The van der Waals surface area contributed by atoms with Gasteiger partial charge in [-0.15, -0.1) is 0 Å². The minimum atomic E-state index is -0.569. The maximum absolute atomic E-state index is 13.4. The first-order chi connectivity index (χ1) is 12.1. The monoisotopic (exact) mass is 341 g/mol. The van der Waals surface area contributed by atoms with Crippen LogP contribution in [0, 0.1) is 11.6 Å². The number of nitrogens with one attached hydrogen (secondary N) is 1. The number of imidazole rings is 1. The molecule has 1 unspecified atom stereocenters. The van der Waals surface area contributed by atoms with E-state index in [1.54, 1.807) is 0 Å². The summed E-state index contributed by atoms with van der Waals surface area (Å²) in [6, 6.07) is 9.87. The minimum absolute atomic E-state index is 0.529. The molecule has 5 heteroatoms. The van der Waals surface area contributed by atoms with Crippen LogP contribution in [0.4, 0.5) is 8.78 Å². The molecular formula is C20H21F2N3. The molecule has 0 spiro atoms. The number of aromatic amines is 1. The molecule has 1 atom stereocenters. The summed E-state index contributed by atoms with van der Waals surface area (Å²) in [6.45, 7) is 4.44. The van der Waals surface area contributed by atoms with Gasteiger partial charge in [0.25, 0.3) is 0 Å². The highest BCUT2D eigenvalue weighted by atomic mass is 19.1. The molecule has 3 nitrogen and oxygen atoms in total. The minimum Gasteiger partial charge on any atom is -0.342 e. The van der Waals surface area contributed by atoms with Crippen molar-refractivity contribution in [3.63, 3.8) is 0 Å². The number of aromatic nitrogens is 2. The maximum atomic E-state index is 13.4. The van der Waals surface area contributed by atoms with Crippen molar-refractivity contribution in [2.75, 3.05) is 13.1 Å². The number of benzene rings is 2. The van der Waals surface area contributed by atoms with Crippen LogP contribution in [0.1, 0.15) is 25.6 Å². The normalized spacial score (nSPS) is 18.3. The molecule has 2 heterocycles. The molecular weight excluding hydrogens is 320 g/mol. The molecule has 0 amide bonds. The molecule has 1 aliphatic rings. The third kappa shape index (κ3) is 3.42. The van der Waals surface area contributed by atoms with Gasteiger partial charge in [0.05, 0.1) is 11.0 Å². The summed E-state index contributed by atoms with van der Waals surface area (Å²) in [5.74, 6) is -0.183. The SMILES string of the molecule is CC1CCCN1CCc1nc2ccc(-c3cc(F)cc(F)c3)cc2[nH]1. The van der Waals surface area contributed by atoms with Gasteiger partial charge in [-0.1, -0.05) is 6.07 Å². The van der Waals surface area contributed by atoms with E-state index in [0.717, 1.165) is 48.0 Å². The summed E-state index contributed by atoms with van der Waals surface area (Å²) in [4.78, 5) is 10.5. The predicted octanol–water partition coefficient (Wildman–Crippen LogP) is 4.53. The van der Waals surface area contributed by atoms with E-state index in [4.69, 9.17) is 0 Å². The zero-order chi connectivity index (χ0) is 17.4. The van der Waals surface area contributed by atoms with Gasteiger partial charge in [0.2, 0.25) is 0 Å². The first-order valence-electron chi connectivity index (χ1n) is 8.78. The van der Waals surface area contributed by atoms with E-state index in [9.17, 15) is 8.78 Å². The Morgan fingerprint density at radius 3 is 2.64 bits per heavy atom. The second-order valence-corrected chi connectivity index (χ2v) is 6.85. The Morgan fingerprint density at radius 1 is 1.12 bits per heavy atom. The number of nitrogens with zero attached hydrogens (tertiary/aromatic N) is 2. The highest BCUT2D eigenvalue weighted by Crippen LogP contribution is 2.25. The van der Waals surface area contributed by atoms with Crippen LogP contribution in [0.5, 0.6) is 0 Å². The zero-order valence-electron chi connectivity index (χ0n) is 14.2. The average Bonchev–Trinajstić information content (AvgIpc) is 3.16. The smallest absolute Gasteiger partial charge is 0.126 e. The van der Waals surface area contributed by atoms with Crippen LogP contribution in [-0.4, -0.2) is 34.0 Å². The molecule has 1 aliphatic heterocycles. The number of halogens is 2. The molecule has 1 aromatic heterocycles. The van der Waals surface area contributed by atoms with Gasteiger partial charge in [-0.2, -0.15) is 0 Å². The van der Waals surface area contributed by atoms with E-state index in [1.165, 1.54) is 25.0 Å². The number of fused-ring (bicyclic) bond motifs is 1. The van der Waals surface area contributed by atoms with Gasteiger partial charge in [-0.3, -0.25) is 0 Å². The fourth-order valence-corrected chi connectivity index (χ4v) is 3.66. The Morgan fingerprint density at radius 2 is 1.92 bits per heavy atom. The van der Waals surface area contributed by atoms with Crippen molar-refractivity contribution in [1.82, 2.24) is 14.9 Å². The van der Waals surface area contributed by atoms with Crippen molar-refractivity contribution in [3.8, 4) is 11.1 Å². The maximum Gasteiger partial charge on any atom is 0.126 e. The Kier molecular flexibility index (Phi) is 4.25. The average molecular weight is 341 g/mol. The quantitative estimate of drug-likeness (QED) is 0.756. The Labute approximate surface area is 145 Å². The summed E-state index contributed by atoms with van der Waals surface area (Å²) < 4.78 is 26.9. The Hall–Kier alpha value is -2.27. The number of rotatable bonds is 4. The van der Waals surface area contributed by atoms with Crippen LogP contribution in [0.2, 0.25) is 0 Å². The standard InChI is InChI=1S/C20H21F2N3/c1-13-3-2-7-25(13)8-6-20-23-18-5-4-14(11-19(18)24-20)15-9-16(21)12-17(22)10-15/h4-5,9-13H,2-3,6-8H2,1H3,(H,23,24). The molecule has 1 N–H and O–H groups in total.